The number of hydrogen-bond acceptors (Lipinski definition) is 6. The van der Waals surface area contributed by atoms with Gasteiger partial charge in [0.15, 0.2) is 5.65 Å². The maximum atomic E-state index is 11.9. The molecule has 0 aliphatic carbocycles. The van der Waals surface area contributed by atoms with Crippen LogP contribution in [-0.4, -0.2) is 52.5 Å². The summed E-state index contributed by atoms with van der Waals surface area (Å²) in [7, 11) is 0. The lowest BCUT2D eigenvalue weighted by molar-refractivity contribution is -0.133. The molecule has 0 spiro atoms. The van der Waals surface area contributed by atoms with Crippen molar-refractivity contribution in [3.8, 4) is 0 Å². The van der Waals surface area contributed by atoms with Crippen molar-refractivity contribution in [1.29, 1.82) is 0 Å². The third kappa shape index (κ3) is 2.04. The second-order valence-corrected chi connectivity index (χ2v) is 5.35. The summed E-state index contributed by atoms with van der Waals surface area (Å²) in [6.45, 7) is 3.82. The number of carbonyl (C=O) groups is 1. The molecule has 3 aliphatic rings. The average molecular weight is 288 g/mol. The molecule has 2 unspecified atom stereocenters. The van der Waals surface area contributed by atoms with Crippen LogP contribution < -0.4 is 4.90 Å². The SMILES string of the molecule is CCOC(=O)c1cnn2ccc(N3CC4CC(C3)O4)nc12. The fourth-order valence-corrected chi connectivity index (χ4v) is 2.93. The van der Waals surface area contributed by atoms with Gasteiger partial charge in [0.05, 0.1) is 25.0 Å². The van der Waals surface area contributed by atoms with E-state index in [0.29, 0.717) is 30.0 Å². The predicted octanol–water partition coefficient (Wildman–Crippen LogP) is 0.883. The van der Waals surface area contributed by atoms with Crippen LogP contribution >= 0.6 is 0 Å². The third-order valence-electron chi connectivity index (χ3n) is 3.93. The monoisotopic (exact) mass is 288 g/mol. The van der Waals surface area contributed by atoms with Crippen molar-refractivity contribution < 1.29 is 14.3 Å². The van der Waals surface area contributed by atoms with Gasteiger partial charge in [-0.3, -0.25) is 0 Å². The summed E-state index contributed by atoms with van der Waals surface area (Å²) in [4.78, 5) is 18.7. The molecule has 0 aromatic carbocycles. The molecule has 0 radical (unpaired) electrons. The van der Waals surface area contributed by atoms with Gasteiger partial charge in [-0.1, -0.05) is 0 Å². The quantitative estimate of drug-likeness (QED) is 0.781. The van der Waals surface area contributed by atoms with Crippen molar-refractivity contribution in [2.24, 2.45) is 0 Å². The lowest BCUT2D eigenvalue weighted by atomic mass is 9.99. The van der Waals surface area contributed by atoms with Crippen molar-refractivity contribution >= 4 is 17.4 Å². The molecule has 3 fully saturated rings. The summed E-state index contributed by atoms with van der Waals surface area (Å²) in [5.74, 6) is 0.466. The Morgan fingerprint density at radius 3 is 2.95 bits per heavy atom. The molecule has 2 aromatic heterocycles. The number of aromatic nitrogens is 3. The standard InChI is InChI=1S/C14H16N4O3/c1-2-20-14(19)11-6-15-18-4-3-12(16-13(11)18)17-7-9-5-10(8-17)21-9/h3-4,6,9-10H,2,5,7-8H2,1H3. The Labute approximate surface area is 121 Å². The minimum absolute atomic E-state index is 0.316. The van der Waals surface area contributed by atoms with Crippen LogP contribution in [0.5, 0.6) is 0 Å². The zero-order valence-electron chi connectivity index (χ0n) is 11.7. The van der Waals surface area contributed by atoms with Gasteiger partial charge in [-0.15, -0.1) is 0 Å². The largest absolute Gasteiger partial charge is 0.462 e. The van der Waals surface area contributed by atoms with Crippen LogP contribution in [-0.2, 0) is 9.47 Å². The Kier molecular flexibility index (Phi) is 2.81. The minimum atomic E-state index is -0.387. The Balaban J connectivity index is 1.68. The molecule has 21 heavy (non-hydrogen) atoms. The number of rotatable bonds is 3. The topological polar surface area (TPSA) is 69.0 Å². The highest BCUT2D eigenvalue weighted by atomic mass is 16.5. The molecule has 5 rings (SSSR count). The predicted molar refractivity (Wildman–Crippen MR) is 74.4 cm³/mol. The van der Waals surface area contributed by atoms with Gasteiger partial charge in [0, 0.05) is 25.7 Å². The number of ether oxygens (including phenoxy) is 2. The van der Waals surface area contributed by atoms with E-state index >= 15 is 0 Å². The van der Waals surface area contributed by atoms with E-state index in [4.69, 9.17) is 9.47 Å². The third-order valence-corrected chi connectivity index (χ3v) is 3.93. The van der Waals surface area contributed by atoms with Gasteiger partial charge in [0.1, 0.15) is 11.4 Å². The summed E-state index contributed by atoms with van der Waals surface area (Å²) >= 11 is 0. The fraction of sp³-hybridized carbons (Fsp3) is 0.500. The maximum Gasteiger partial charge on any atom is 0.343 e. The maximum absolute atomic E-state index is 11.9. The highest BCUT2D eigenvalue weighted by Crippen LogP contribution is 2.30. The van der Waals surface area contributed by atoms with E-state index in [1.54, 1.807) is 11.4 Å². The summed E-state index contributed by atoms with van der Waals surface area (Å²) in [5, 5.41) is 4.14. The molecule has 110 valence electrons. The summed E-state index contributed by atoms with van der Waals surface area (Å²) < 4.78 is 12.3. The molecular weight excluding hydrogens is 272 g/mol. The van der Waals surface area contributed by atoms with E-state index in [-0.39, 0.29) is 5.97 Å². The van der Waals surface area contributed by atoms with Crippen LogP contribution in [0, 0.1) is 0 Å². The zero-order chi connectivity index (χ0) is 14.4. The van der Waals surface area contributed by atoms with Crippen LogP contribution in [0.2, 0.25) is 0 Å². The smallest absolute Gasteiger partial charge is 0.343 e. The van der Waals surface area contributed by atoms with Crippen LogP contribution in [0.3, 0.4) is 0 Å². The van der Waals surface area contributed by atoms with Crippen molar-refractivity contribution in [1.82, 2.24) is 14.6 Å². The summed E-state index contributed by atoms with van der Waals surface area (Å²) in [6.07, 6.45) is 5.09. The van der Waals surface area contributed by atoms with E-state index in [1.807, 2.05) is 12.3 Å². The lowest BCUT2D eigenvalue weighted by Crippen LogP contribution is -2.57. The van der Waals surface area contributed by atoms with Crippen LogP contribution in [0.25, 0.3) is 5.65 Å². The molecule has 0 amide bonds. The molecule has 2 aromatic rings. The first-order chi connectivity index (χ1) is 10.2. The lowest BCUT2D eigenvalue weighted by Gasteiger charge is -2.47. The van der Waals surface area contributed by atoms with Crippen molar-refractivity contribution in [3.05, 3.63) is 24.0 Å². The number of morpholine rings is 1. The number of anilines is 1. The van der Waals surface area contributed by atoms with E-state index in [9.17, 15) is 4.79 Å². The Morgan fingerprint density at radius 1 is 1.48 bits per heavy atom. The van der Waals surface area contributed by atoms with Crippen LogP contribution in [0.15, 0.2) is 18.5 Å². The molecule has 7 heteroatoms. The molecule has 2 bridgehead atoms. The number of nitrogens with zero attached hydrogens (tertiary/aromatic N) is 4. The van der Waals surface area contributed by atoms with Crippen LogP contribution in [0.4, 0.5) is 5.82 Å². The number of hydrogen-bond donors (Lipinski definition) is 0. The van der Waals surface area contributed by atoms with Gasteiger partial charge >= 0.3 is 5.97 Å². The average Bonchev–Trinajstić information content (AvgIpc) is 2.90. The van der Waals surface area contributed by atoms with E-state index in [0.717, 1.165) is 25.3 Å². The normalized spacial score (nSPS) is 24.0. The van der Waals surface area contributed by atoms with Gasteiger partial charge < -0.3 is 14.4 Å². The van der Waals surface area contributed by atoms with Gasteiger partial charge in [-0.05, 0) is 13.0 Å². The molecule has 0 N–H and O–H groups in total. The molecule has 3 aliphatic heterocycles. The van der Waals surface area contributed by atoms with Gasteiger partial charge in [0.2, 0.25) is 0 Å². The molecule has 2 atom stereocenters. The van der Waals surface area contributed by atoms with Gasteiger partial charge in [0.25, 0.3) is 0 Å². The highest BCUT2D eigenvalue weighted by molar-refractivity contribution is 5.95. The molecular formula is C14H16N4O3. The number of piperidine rings is 1. The second-order valence-electron chi connectivity index (χ2n) is 5.35. The molecule has 0 saturated carbocycles. The Bertz CT molecular complexity index is 683. The summed E-state index contributed by atoms with van der Waals surface area (Å²) in [5.41, 5.74) is 0.934. The first-order valence-electron chi connectivity index (χ1n) is 7.16. The molecule has 5 heterocycles. The van der Waals surface area contributed by atoms with E-state index in [1.165, 1.54) is 6.20 Å². The minimum Gasteiger partial charge on any atom is -0.462 e. The first kappa shape index (κ1) is 12.6. The second kappa shape index (κ2) is 4.70. The number of esters is 1. The zero-order valence-corrected chi connectivity index (χ0v) is 11.7. The van der Waals surface area contributed by atoms with Gasteiger partial charge in [-0.2, -0.15) is 5.10 Å². The number of fused-ring (bicyclic) bond motifs is 3. The van der Waals surface area contributed by atoms with E-state index in [2.05, 4.69) is 15.0 Å². The first-order valence-corrected chi connectivity index (χ1v) is 7.16. The van der Waals surface area contributed by atoms with Crippen molar-refractivity contribution in [2.45, 2.75) is 25.6 Å². The number of carbonyl (C=O) groups excluding carboxylic acids is 1. The molecule has 7 nitrogen and oxygen atoms in total. The summed E-state index contributed by atoms with van der Waals surface area (Å²) in [6, 6.07) is 1.92. The Hall–Kier alpha value is -2.15. The van der Waals surface area contributed by atoms with Crippen molar-refractivity contribution in [2.75, 3.05) is 24.6 Å². The van der Waals surface area contributed by atoms with E-state index < -0.39 is 0 Å². The Morgan fingerprint density at radius 2 is 2.24 bits per heavy atom. The van der Waals surface area contributed by atoms with Crippen LogP contribution in [0.1, 0.15) is 23.7 Å². The van der Waals surface area contributed by atoms with Gasteiger partial charge in [-0.25, -0.2) is 14.3 Å². The van der Waals surface area contributed by atoms with Crippen molar-refractivity contribution in [3.63, 3.8) is 0 Å². The molecule has 3 saturated heterocycles. The fourth-order valence-electron chi connectivity index (χ4n) is 2.93. The highest BCUT2D eigenvalue weighted by Gasteiger charge is 2.38.